The molecule has 0 amide bonds. The number of hydrogen-bond acceptors (Lipinski definition) is 2. The Hall–Kier alpha value is -1.83. The molecule has 1 aromatic carbocycles. The van der Waals surface area contributed by atoms with Gasteiger partial charge in [0.05, 0.1) is 6.54 Å². The molecule has 0 bridgehead atoms. The summed E-state index contributed by atoms with van der Waals surface area (Å²) in [7, 11) is 0. The van der Waals surface area contributed by atoms with Crippen molar-refractivity contribution in [2.45, 2.75) is 0 Å². The zero-order valence-corrected chi connectivity index (χ0v) is 8.73. The molecule has 0 radical (unpaired) electrons. The quantitative estimate of drug-likeness (QED) is 0.721. The topological polar surface area (TPSA) is 21.6 Å². The highest BCUT2D eigenvalue weighted by atomic mass is 16.5. The van der Waals surface area contributed by atoms with Crippen LogP contribution in [-0.2, 0) is 4.74 Å². The first-order valence-electron chi connectivity index (χ1n) is 4.84. The fourth-order valence-electron chi connectivity index (χ4n) is 1.06. The molecule has 0 aliphatic carbocycles. The van der Waals surface area contributed by atoms with Crippen LogP contribution in [-0.4, -0.2) is 19.0 Å². The van der Waals surface area contributed by atoms with Gasteiger partial charge in [-0.2, -0.15) is 0 Å². The van der Waals surface area contributed by atoms with Gasteiger partial charge in [0.2, 0.25) is 5.90 Å². The lowest BCUT2D eigenvalue weighted by atomic mass is 10.2. The molecule has 1 aliphatic heterocycles. The van der Waals surface area contributed by atoms with E-state index in [9.17, 15) is 0 Å². The molecule has 2 rings (SSSR count). The normalized spacial score (nSPS) is 12.9. The van der Waals surface area contributed by atoms with E-state index >= 15 is 0 Å². The summed E-state index contributed by atoms with van der Waals surface area (Å²) in [6, 6.07) is 10.0. The number of rotatable bonds is 2. The third kappa shape index (κ3) is 4.27. The van der Waals surface area contributed by atoms with Crippen LogP contribution in [0.2, 0.25) is 0 Å². The average Bonchev–Trinajstić information content (AvgIpc) is 2.84. The number of hydrogen-bond donors (Lipinski definition) is 0. The molecule has 0 atom stereocenters. The van der Waals surface area contributed by atoms with Crippen molar-refractivity contribution >= 4 is 12.0 Å². The minimum Gasteiger partial charge on any atom is -0.476 e. The molecule has 2 nitrogen and oxygen atoms in total. The smallest absolute Gasteiger partial charge is 0.208 e. The summed E-state index contributed by atoms with van der Waals surface area (Å²) in [5, 5.41) is 0. The summed E-state index contributed by atoms with van der Waals surface area (Å²) in [4.78, 5) is 3.93. The van der Waals surface area contributed by atoms with Crippen LogP contribution < -0.4 is 0 Å². The zero-order valence-electron chi connectivity index (χ0n) is 8.73. The first kappa shape index (κ1) is 11.2. The molecule has 0 saturated heterocycles. The molecule has 1 heterocycles. The minimum absolute atomic E-state index is 0.681. The molecule has 78 valence electrons. The molecule has 0 unspecified atom stereocenters. The molecule has 2 heteroatoms. The second kappa shape index (κ2) is 6.60. The Bertz CT molecular complexity index is 341. The fraction of sp³-hybridized carbons (Fsp3) is 0.154. The first-order valence-corrected chi connectivity index (χ1v) is 4.84. The third-order valence-electron chi connectivity index (χ3n) is 1.82. The van der Waals surface area contributed by atoms with Crippen molar-refractivity contribution in [2.75, 3.05) is 13.2 Å². The Labute approximate surface area is 90.6 Å². The minimum atomic E-state index is 0.681. The van der Waals surface area contributed by atoms with Gasteiger partial charge >= 0.3 is 0 Å². The molecule has 0 fully saturated rings. The number of benzene rings is 1. The van der Waals surface area contributed by atoms with Crippen LogP contribution in [0.3, 0.4) is 0 Å². The van der Waals surface area contributed by atoms with E-state index in [4.69, 9.17) is 4.74 Å². The Kier molecular flexibility index (Phi) is 4.95. The fourth-order valence-corrected chi connectivity index (χ4v) is 1.06. The maximum atomic E-state index is 4.93. The molecule has 1 aliphatic rings. The van der Waals surface area contributed by atoms with E-state index in [-0.39, 0.29) is 0 Å². The van der Waals surface area contributed by atoms with E-state index in [0.717, 1.165) is 13.2 Å². The maximum Gasteiger partial charge on any atom is 0.208 e. The van der Waals surface area contributed by atoms with Gasteiger partial charge in [0.15, 0.2) is 0 Å². The molecule has 0 saturated carbocycles. The van der Waals surface area contributed by atoms with Crippen LogP contribution in [0.5, 0.6) is 0 Å². The van der Waals surface area contributed by atoms with E-state index < -0.39 is 0 Å². The molecule has 0 N–H and O–H groups in total. The average molecular weight is 201 g/mol. The lowest BCUT2D eigenvalue weighted by molar-refractivity contribution is 0.350. The van der Waals surface area contributed by atoms with Crippen molar-refractivity contribution < 1.29 is 4.74 Å². The van der Waals surface area contributed by atoms with E-state index in [2.05, 4.69) is 18.2 Å². The van der Waals surface area contributed by atoms with Crippen LogP contribution in [0.4, 0.5) is 0 Å². The standard InChI is InChI=1S/C8H8.C5H7NO/c1-2-8-6-4-3-5-7-8;1-2-5-6-3-4-7-5/h2-7H,1H2;2H,1,3-4H2. The van der Waals surface area contributed by atoms with Crippen LogP contribution in [0.25, 0.3) is 6.08 Å². The third-order valence-corrected chi connectivity index (χ3v) is 1.82. The number of nitrogens with zero attached hydrogens (tertiary/aromatic N) is 1. The Morgan fingerprint density at radius 2 is 1.87 bits per heavy atom. The SMILES string of the molecule is C=CC1=NCCO1.C=Cc1ccccc1. The van der Waals surface area contributed by atoms with Gasteiger partial charge in [-0.1, -0.05) is 49.6 Å². The largest absolute Gasteiger partial charge is 0.476 e. The van der Waals surface area contributed by atoms with E-state index in [1.807, 2.05) is 36.4 Å². The van der Waals surface area contributed by atoms with Gasteiger partial charge in [-0.25, -0.2) is 4.99 Å². The Morgan fingerprint density at radius 1 is 1.13 bits per heavy atom. The number of ether oxygens (including phenoxy) is 1. The van der Waals surface area contributed by atoms with Crippen molar-refractivity contribution in [3.8, 4) is 0 Å². The highest BCUT2D eigenvalue weighted by molar-refractivity contribution is 5.87. The summed E-state index contributed by atoms with van der Waals surface area (Å²) >= 11 is 0. The van der Waals surface area contributed by atoms with Gasteiger partial charge in [0.25, 0.3) is 0 Å². The Morgan fingerprint density at radius 3 is 2.20 bits per heavy atom. The molecule has 0 spiro atoms. The van der Waals surface area contributed by atoms with Gasteiger partial charge in [0, 0.05) is 0 Å². The van der Waals surface area contributed by atoms with Crippen LogP contribution >= 0.6 is 0 Å². The van der Waals surface area contributed by atoms with Gasteiger partial charge in [-0.15, -0.1) is 0 Å². The van der Waals surface area contributed by atoms with Gasteiger partial charge in [-0.3, -0.25) is 0 Å². The summed E-state index contributed by atoms with van der Waals surface area (Å²) in [6.45, 7) is 8.63. The highest BCUT2D eigenvalue weighted by Gasteiger charge is 1.98. The first-order chi connectivity index (χ1) is 7.36. The molecule has 15 heavy (non-hydrogen) atoms. The van der Waals surface area contributed by atoms with Gasteiger partial charge in [0.1, 0.15) is 6.61 Å². The molecular formula is C13H15NO. The van der Waals surface area contributed by atoms with E-state index in [0.29, 0.717) is 5.90 Å². The summed E-state index contributed by atoms with van der Waals surface area (Å²) in [5.74, 6) is 0.681. The van der Waals surface area contributed by atoms with E-state index in [1.54, 1.807) is 6.08 Å². The predicted molar refractivity (Wildman–Crippen MR) is 65.0 cm³/mol. The maximum absolute atomic E-state index is 4.93. The van der Waals surface area contributed by atoms with Gasteiger partial charge in [-0.05, 0) is 11.6 Å². The van der Waals surface area contributed by atoms with Gasteiger partial charge < -0.3 is 4.74 Å². The van der Waals surface area contributed by atoms with Crippen LogP contribution in [0.15, 0.2) is 54.6 Å². The highest BCUT2D eigenvalue weighted by Crippen LogP contribution is 1.97. The summed E-state index contributed by atoms with van der Waals surface area (Å²) in [6.07, 6.45) is 3.45. The lowest BCUT2D eigenvalue weighted by Gasteiger charge is -1.87. The summed E-state index contributed by atoms with van der Waals surface area (Å²) in [5.41, 5.74) is 1.17. The molecule has 1 aromatic rings. The zero-order chi connectivity index (χ0) is 10.9. The van der Waals surface area contributed by atoms with Crippen molar-refractivity contribution in [1.82, 2.24) is 0 Å². The second-order valence-electron chi connectivity index (χ2n) is 2.89. The van der Waals surface area contributed by atoms with Crippen molar-refractivity contribution in [1.29, 1.82) is 0 Å². The second-order valence-corrected chi connectivity index (χ2v) is 2.89. The summed E-state index contributed by atoms with van der Waals surface area (Å²) < 4.78 is 4.93. The monoisotopic (exact) mass is 201 g/mol. The Balaban J connectivity index is 0.000000151. The van der Waals surface area contributed by atoms with Crippen LogP contribution in [0.1, 0.15) is 5.56 Å². The lowest BCUT2D eigenvalue weighted by Crippen LogP contribution is -1.91. The molecule has 0 aromatic heterocycles. The van der Waals surface area contributed by atoms with Crippen LogP contribution in [0, 0.1) is 0 Å². The van der Waals surface area contributed by atoms with Crippen molar-refractivity contribution in [3.05, 3.63) is 55.1 Å². The number of aliphatic imine (C=N–C) groups is 1. The molecular weight excluding hydrogens is 186 g/mol. The predicted octanol–water partition coefficient (Wildman–Crippen LogP) is 2.93. The van der Waals surface area contributed by atoms with E-state index in [1.165, 1.54) is 5.56 Å². The van der Waals surface area contributed by atoms with Crippen molar-refractivity contribution in [2.24, 2.45) is 4.99 Å². The van der Waals surface area contributed by atoms with Crippen molar-refractivity contribution in [3.63, 3.8) is 0 Å².